The van der Waals surface area contributed by atoms with E-state index in [1.165, 1.54) is 6.21 Å². The minimum Gasteiger partial charge on any atom is -0.490 e. The van der Waals surface area contributed by atoms with Crippen molar-refractivity contribution in [2.24, 2.45) is 5.10 Å². The van der Waals surface area contributed by atoms with Gasteiger partial charge >= 0.3 is 0 Å². The number of hydrogen-bond acceptors (Lipinski definition) is 4. The van der Waals surface area contributed by atoms with E-state index in [4.69, 9.17) is 27.5 Å². The largest absolute Gasteiger partial charge is 0.490 e. The topological polar surface area (TPSA) is 59.9 Å². The third-order valence-electron chi connectivity index (χ3n) is 3.88. The van der Waals surface area contributed by atoms with Crippen LogP contribution in [0.4, 0.5) is 0 Å². The Bertz CT molecular complexity index is 917. The van der Waals surface area contributed by atoms with Crippen molar-refractivity contribution in [2.45, 2.75) is 27.2 Å². The summed E-state index contributed by atoms with van der Waals surface area (Å²) in [6.45, 7) is 6.39. The number of hydrazone groups is 1. The van der Waals surface area contributed by atoms with Crippen molar-refractivity contribution in [3.63, 3.8) is 0 Å². The molecule has 0 fully saturated rings. The maximum Gasteiger partial charge on any atom is 0.244 e. The molecule has 6 heteroatoms. The Morgan fingerprint density at radius 3 is 2.75 bits per heavy atom. The number of benzene rings is 2. The molecule has 0 heterocycles. The molecular formula is C22H23ClN2O3. The van der Waals surface area contributed by atoms with Crippen LogP contribution in [0, 0.1) is 26.2 Å². The Balaban J connectivity index is 2.06. The van der Waals surface area contributed by atoms with Crippen LogP contribution < -0.4 is 14.9 Å². The highest BCUT2D eigenvalue weighted by Gasteiger charge is 2.12. The van der Waals surface area contributed by atoms with Crippen molar-refractivity contribution in [3.05, 3.63) is 57.6 Å². The maximum absolute atomic E-state index is 12.1. The highest BCUT2D eigenvalue weighted by Crippen LogP contribution is 2.36. The number of hydrogen-bond donors (Lipinski definition) is 1. The number of halogens is 1. The van der Waals surface area contributed by atoms with E-state index in [0.29, 0.717) is 28.7 Å². The SMILES string of the molecule is C#CCOc1c(Cl)cc(/C=N\NC(=O)Cc2ccc(C)cc2C)cc1OCC. The van der Waals surface area contributed by atoms with E-state index < -0.39 is 0 Å². The second-order valence-electron chi connectivity index (χ2n) is 6.16. The van der Waals surface area contributed by atoms with Crippen LogP contribution in [0.2, 0.25) is 5.02 Å². The highest BCUT2D eigenvalue weighted by atomic mass is 35.5. The number of aryl methyl sites for hydroxylation is 2. The second kappa shape index (κ2) is 10.4. The first-order valence-electron chi connectivity index (χ1n) is 8.85. The first-order chi connectivity index (χ1) is 13.4. The molecule has 5 nitrogen and oxygen atoms in total. The van der Waals surface area contributed by atoms with Gasteiger partial charge in [-0.15, -0.1) is 6.42 Å². The van der Waals surface area contributed by atoms with Crippen molar-refractivity contribution in [3.8, 4) is 23.8 Å². The summed E-state index contributed by atoms with van der Waals surface area (Å²) in [4.78, 5) is 12.1. The molecule has 0 aliphatic heterocycles. The van der Waals surface area contributed by atoms with E-state index in [1.807, 2.05) is 39.0 Å². The van der Waals surface area contributed by atoms with Gasteiger partial charge < -0.3 is 9.47 Å². The lowest BCUT2D eigenvalue weighted by Gasteiger charge is -2.12. The molecule has 2 rings (SSSR count). The predicted molar refractivity (Wildman–Crippen MR) is 112 cm³/mol. The van der Waals surface area contributed by atoms with Crippen molar-refractivity contribution in [1.29, 1.82) is 0 Å². The third-order valence-corrected chi connectivity index (χ3v) is 4.16. The van der Waals surface area contributed by atoms with Crippen LogP contribution in [-0.4, -0.2) is 25.3 Å². The zero-order valence-corrected chi connectivity index (χ0v) is 17.0. The molecule has 0 bridgehead atoms. The molecular weight excluding hydrogens is 376 g/mol. The molecule has 0 aromatic heterocycles. The lowest BCUT2D eigenvalue weighted by Crippen LogP contribution is -2.20. The zero-order chi connectivity index (χ0) is 20.5. The quantitative estimate of drug-likeness (QED) is 0.414. The molecule has 1 N–H and O–H groups in total. The average Bonchev–Trinajstić information content (AvgIpc) is 2.64. The van der Waals surface area contributed by atoms with E-state index in [9.17, 15) is 4.79 Å². The molecule has 0 aliphatic carbocycles. The molecule has 0 saturated carbocycles. The fourth-order valence-electron chi connectivity index (χ4n) is 2.61. The summed E-state index contributed by atoms with van der Waals surface area (Å²) in [5.41, 5.74) is 6.40. The van der Waals surface area contributed by atoms with Crippen molar-refractivity contribution >= 4 is 23.7 Å². The van der Waals surface area contributed by atoms with E-state index in [2.05, 4.69) is 16.4 Å². The van der Waals surface area contributed by atoms with Crippen LogP contribution in [-0.2, 0) is 11.2 Å². The standard InChI is InChI=1S/C22H23ClN2O3/c1-5-9-28-22-19(23)11-17(12-20(22)27-6-2)14-24-25-21(26)13-18-8-7-15(3)10-16(18)4/h1,7-8,10-12,14H,6,9,13H2,2-4H3,(H,25,26)/b24-14-. The summed E-state index contributed by atoms with van der Waals surface area (Å²) in [5.74, 6) is 3.04. The van der Waals surface area contributed by atoms with Crippen molar-refractivity contribution in [2.75, 3.05) is 13.2 Å². The van der Waals surface area contributed by atoms with E-state index in [-0.39, 0.29) is 18.9 Å². The van der Waals surface area contributed by atoms with Gasteiger partial charge in [0.2, 0.25) is 5.91 Å². The molecule has 0 unspecified atom stereocenters. The number of nitrogens with zero attached hydrogens (tertiary/aromatic N) is 1. The van der Waals surface area contributed by atoms with Gasteiger partial charge in [-0.1, -0.05) is 41.3 Å². The molecule has 2 aromatic rings. The lowest BCUT2D eigenvalue weighted by molar-refractivity contribution is -0.120. The zero-order valence-electron chi connectivity index (χ0n) is 16.2. The molecule has 0 radical (unpaired) electrons. The number of amides is 1. The van der Waals surface area contributed by atoms with Crippen LogP contribution in [0.3, 0.4) is 0 Å². The number of ether oxygens (including phenoxy) is 2. The molecule has 146 valence electrons. The summed E-state index contributed by atoms with van der Waals surface area (Å²) in [6, 6.07) is 9.38. The summed E-state index contributed by atoms with van der Waals surface area (Å²) in [6.07, 6.45) is 6.98. The van der Waals surface area contributed by atoms with Gasteiger partial charge in [0.05, 0.1) is 24.3 Å². The van der Waals surface area contributed by atoms with Gasteiger partial charge in [-0.25, -0.2) is 5.43 Å². The number of carbonyl (C=O) groups excluding carboxylic acids is 1. The third kappa shape index (κ3) is 6.04. The predicted octanol–water partition coefficient (Wildman–Crippen LogP) is 4.06. The Morgan fingerprint density at radius 1 is 1.29 bits per heavy atom. The van der Waals surface area contributed by atoms with Gasteiger partial charge in [-0.2, -0.15) is 5.10 Å². The van der Waals surface area contributed by atoms with Crippen LogP contribution in [0.15, 0.2) is 35.4 Å². The monoisotopic (exact) mass is 398 g/mol. The minimum atomic E-state index is -0.201. The molecule has 0 atom stereocenters. The van der Waals surface area contributed by atoms with E-state index in [0.717, 1.165) is 16.7 Å². The van der Waals surface area contributed by atoms with Gasteiger partial charge in [0, 0.05) is 0 Å². The van der Waals surface area contributed by atoms with Gasteiger partial charge in [-0.05, 0) is 49.6 Å². The van der Waals surface area contributed by atoms with Crippen molar-refractivity contribution in [1.82, 2.24) is 5.43 Å². The molecule has 0 spiro atoms. The maximum atomic E-state index is 12.1. The first kappa shape index (κ1) is 21.3. The summed E-state index contributed by atoms with van der Waals surface area (Å²) in [7, 11) is 0. The number of terminal acetylenes is 1. The van der Waals surface area contributed by atoms with Crippen LogP contribution >= 0.6 is 11.6 Å². The van der Waals surface area contributed by atoms with E-state index >= 15 is 0 Å². The Kier molecular flexibility index (Phi) is 7.91. The van der Waals surface area contributed by atoms with Gasteiger partial charge in [0.15, 0.2) is 11.5 Å². The summed E-state index contributed by atoms with van der Waals surface area (Å²) < 4.78 is 11.0. The fraction of sp³-hybridized carbons (Fsp3) is 0.273. The smallest absolute Gasteiger partial charge is 0.244 e. The first-order valence-corrected chi connectivity index (χ1v) is 9.23. The minimum absolute atomic E-state index is 0.0850. The molecule has 1 amide bonds. The molecule has 0 aliphatic rings. The number of rotatable bonds is 8. The highest BCUT2D eigenvalue weighted by molar-refractivity contribution is 6.32. The van der Waals surface area contributed by atoms with Gasteiger partial charge in [0.1, 0.15) is 6.61 Å². The Labute approximate surface area is 170 Å². The van der Waals surface area contributed by atoms with Crippen molar-refractivity contribution < 1.29 is 14.3 Å². The van der Waals surface area contributed by atoms with Crippen LogP contribution in [0.5, 0.6) is 11.5 Å². The summed E-state index contributed by atoms with van der Waals surface area (Å²) in [5, 5.41) is 4.36. The Hall–Kier alpha value is -2.97. The van der Waals surface area contributed by atoms with Gasteiger partial charge in [-0.3, -0.25) is 4.79 Å². The van der Waals surface area contributed by atoms with E-state index in [1.54, 1.807) is 12.1 Å². The molecule has 2 aromatic carbocycles. The summed E-state index contributed by atoms with van der Waals surface area (Å²) >= 11 is 6.26. The number of nitrogens with one attached hydrogen (secondary N) is 1. The second-order valence-corrected chi connectivity index (χ2v) is 6.56. The van der Waals surface area contributed by atoms with Crippen LogP contribution in [0.25, 0.3) is 0 Å². The average molecular weight is 399 g/mol. The van der Waals surface area contributed by atoms with Crippen LogP contribution in [0.1, 0.15) is 29.2 Å². The number of carbonyl (C=O) groups is 1. The molecule has 28 heavy (non-hydrogen) atoms. The molecule has 0 saturated heterocycles. The normalized spacial score (nSPS) is 10.5. The Morgan fingerprint density at radius 2 is 2.07 bits per heavy atom. The fourth-order valence-corrected chi connectivity index (χ4v) is 2.89. The lowest BCUT2D eigenvalue weighted by atomic mass is 10.0. The van der Waals surface area contributed by atoms with Gasteiger partial charge in [0.25, 0.3) is 0 Å².